The van der Waals surface area contributed by atoms with Crippen LogP contribution >= 0.6 is 11.3 Å². The molecule has 1 N–H and O–H groups in total. The lowest BCUT2D eigenvalue weighted by Gasteiger charge is -2.40. The topological polar surface area (TPSA) is 50.8 Å². The van der Waals surface area contributed by atoms with E-state index in [1.165, 1.54) is 4.88 Å². The minimum absolute atomic E-state index is 0.0513. The van der Waals surface area contributed by atoms with Gasteiger partial charge in [0.25, 0.3) is 0 Å². The predicted octanol–water partition coefficient (Wildman–Crippen LogP) is 2.02. The summed E-state index contributed by atoms with van der Waals surface area (Å²) in [6, 6.07) is 4.69. The van der Waals surface area contributed by atoms with Gasteiger partial charge in [0.05, 0.1) is 12.6 Å². The number of hydrogen-bond acceptors (Lipinski definition) is 5. The summed E-state index contributed by atoms with van der Waals surface area (Å²) in [4.78, 5) is 16.2. The molecule has 4 rings (SSSR count). The highest BCUT2D eigenvalue weighted by molar-refractivity contribution is 7.09. The highest BCUT2D eigenvalue weighted by Gasteiger charge is 2.43. The summed E-state index contributed by atoms with van der Waals surface area (Å²) in [5.41, 5.74) is 0. The SMILES string of the molecule is O=C(NCc1cccs1)[C@@H]1C[C@@H]2CCN(C3CCOCC3)C[C@H]2O1. The summed E-state index contributed by atoms with van der Waals surface area (Å²) < 4.78 is 11.6. The van der Waals surface area contributed by atoms with Gasteiger partial charge in [-0.3, -0.25) is 9.69 Å². The van der Waals surface area contributed by atoms with Gasteiger partial charge in [-0.2, -0.15) is 0 Å². The van der Waals surface area contributed by atoms with Crippen LogP contribution < -0.4 is 5.32 Å². The maximum atomic E-state index is 12.4. The van der Waals surface area contributed by atoms with Crippen molar-refractivity contribution in [1.29, 1.82) is 0 Å². The lowest BCUT2D eigenvalue weighted by Crippen LogP contribution is -2.49. The van der Waals surface area contributed by atoms with Crippen LogP contribution in [0.5, 0.6) is 0 Å². The second kappa shape index (κ2) is 7.52. The third kappa shape index (κ3) is 3.67. The van der Waals surface area contributed by atoms with Crippen LogP contribution in [0.15, 0.2) is 17.5 Å². The van der Waals surface area contributed by atoms with Crippen LogP contribution in [0.3, 0.4) is 0 Å². The number of nitrogens with one attached hydrogen (secondary N) is 1. The Morgan fingerprint density at radius 2 is 2.21 bits per heavy atom. The molecule has 3 aliphatic heterocycles. The first-order valence-corrected chi connectivity index (χ1v) is 9.95. The highest BCUT2D eigenvalue weighted by Crippen LogP contribution is 2.35. The quantitative estimate of drug-likeness (QED) is 0.903. The Labute approximate surface area is 147 Å². The molecule has 132 valence electrons. The molecule has 0 aromatic carbocycles. The van der Waals surface area contributed by atoms with Crippen LogP contribution in [0.1, 0.15) is 30.6 Å². The number of likely N-dealkylation sites (tertiary alicyclic amines) is 1. The Morgan fingerprint density at radius 1 is 1.33 bits per heavy atom. The van der Waals surface area contributed by atoms with Gasteiger partial charge >= 0.3 is 0 Å². The van der Waals surface area contributed by atoms with Crippen LogP contribution in [0.25, 0.3) is 0 Å². The summed E-state index contributed by atoms with van der Waals surface area (Å²) in [7, 11) is 0. The number of amides is 1. The van der Waals surface area contributed by atoms with Crippen LogP contribution in [-0.2, 0) is 20.8 Å². The van der Waals surface area contributed by atoms with E-state index in [4.69, 9.17) is 9.47 Å². The van der Waals surface area contributed by atoms with Crippen molar-refractivity contribution >= 4 is 17.2 Å². The van der Waals surface area contributed by atoms with E-state index in [-0.39, 0.29) is 18.1 Å². The fraction of sp³-hybridized carbons (Fsp3) is 0.722. The lowest BCUT2D eigenvalue weighted by molar-refractivity contribution is -0.133. The number of piperidine rings is 1. The molecule has 0 spiro atoms. The maximum Gasteiger partial charge on any atom is 0.249 e. The van der Waals surface area contributed by atoms with Crippen molar-refractivity contribution in [1.82, 2.24) is 10.2 Å². The second-order valence-corrected chi connectivity index (χ2v) is 8.12. The third-order valence-corrected chi connectivity index (χ3v) is 6.48. The highest BCUT2D eigenvalue weighted by atomic mass is 32.1. The molecular formula is C18H26N2O3S. The monoisotopic (exact) mass is 350 g/mol. The number of ether oxygens (including phenoxy) is 2. The predicted molar refractivity (Wildman–Crippen MR) is 93.0 cm³/mol. The van der Waals surface area contributed by atoms with Crippen molar-refractivity contribution in [2.75, 3.05) is 26.3 Å². The number of thiophene rings is 1. The summed E-state index contributed by atoms with van der Waals surface area (Å²) in [5.74, 6) is 0.592. The van der Waals surface area contributed by atoms with Crippen molar-refractivity contribution in [2.45, 2.75) is 50.5 Å². The van der Waals surface area contributed by atoms with Crippen molar-refractivity contribution < 1.29 is 14.3 Å². The molecule has 1 aromatic rings. The van der Waals surface area contributed by atoms with Crippen molar-refractivity contribution in [3.8, 4) is 0 Å². The average molecular weight is 350 g/mol. The zero-order chi connectivity index (χ0) is 16.4. The Balaban J connectivity index is 1.28. The number of carbonyl (C=O) groups is 1. The lowest BCUT2D eigenvalue weighted by atomic mass is 9.90. The van der Waals surface area contributed by atoms with E-state index in [9.17, 15) is 4.79 Å². The van der Waals surface area contributed by atoms with E-state index in [1.807, 2.05) is 17.5 Å². The van der Waals surface area contributed by atoms with Crippen LogP contribution in [-0.4, -0.2) is 55.4 Å². The summed E-state index contributed by atoms with van der Waals surface area (Å²) in [6.07, 6.45) is 4.23. The molecule has 0 unspecified atom stereocenters. The molecule has 24 heavy (non-hydrogen) atoms. The minimum Gasteiger partial charge on any atom is -0.381 e. The van der Waals surface area contributed by atoms with Crippen LogP contribution in [0.4, 0.5) is 0 Å². The zero-order valence-electron chi connectivity index (χ0n) is 14.0. The van der Waals surface area contributed by atoms with Crippen molar-refractivity contribution in [2.24, 2.45) is 5.92 Å². The first kappa shape index (κ1) is 16.5. The smallest absolute Gasteiger partial charge is 0.249 e. The first-order chi connectivity index (χ1) is 11.8. The molecule has 3 aliphatic rings. The van der Waals surface area contributed by atoms with Gasteiger partial charge in [0, 0.05) is 30.7 Å². The van der Waals surface area contributed by atoms with E-state index >= 15 is 0 Å². The number of hydrogen-bond donors (Lipinski definition) is 1. The summed E-state index contributed by atoms with van der Waals surface area (Å²) in [5, 5.41) is 5.06. The second-order valence-electron chi connectivity index (χ2n) is 7.08. The van der Waals surface area contributed by atoms with Gasteiger partial charge in [-0.05, 0) is 49.6 Å². The van der Waals surface area contributed by atoms with Gasteiger partial charge in [-0.15, -0.1) is 11.3 Å². The van der Waals surface area contributed by atoms with E-state index in [2.05, 4.69) is 10.2 Å². The zero-order valence-corrected chi connectivity index (χ0v) is 14.8. The molecule has 3 saturated heterocycles. The summed E-state index contributed by atoms with van der Waals surface area (Å²) >= 11 is 1.67. The number of carbonyl (C=O) groups excluding carboxylic acids is 1. The van der Waals surface area contributed by atoms with Gasteiger partial charge < -0.3 is 14.8 Å². The molecule has 1 amide bonds. The molecule has 0 saturated carbocycles. The Morgan fingerprint density at radius 3 is 3.00 bits per heavy atom. The van der Waals surface area contributed by atoms with Gasteiger partial charge in [0.1, 0.15) is 6.10 Å². The van der Waals surface area contributed by atoms with Gasteiger partial charge in [-0.1, -0.05) is 6.07 Å². The first-order valence-electron chi connectivity index (χ1n) is 9.07. The molecular weight excluding hydrogens is 324 g/mol. The van der Waals surface area contributed by atoms with E-state index in [0.717, 1.165) is 52.0 Å². The minimum atomic E-state index is -0.269. The standard InChI is InChI=1S/C18H26N2O3S/c21-18(19-11-15-2-1-9-24-15)16-10-13-3-6-20(12-17(13)23-16)14-4-7-22-8-5-14/h1-2,9,13-14,16-17H,3-8,10-12H2,(H,19,21)/t13-,16-,17+/m0/s1. The molecule has 6 heteroatoms. The molecule has 5 nitrogen and oxygen atoms in total. The largest absolute Gasteiger partial charge is 0.381 e. The van der Waals surface area contributed by atoms with Crippen molar-refractivity contribution in [3.05, 3.63) is 22.4 Å². The Bertz CT molecular complexity index is 544. The molecule has 3 fully saturated rings. The van der Waals surface area contributed by atoms with E-state index < -0.39 is 0 Å². The van der Waals surface area contributed by atoms with E-state index in [1.54, 1.807) is 11.3 Å². The van der Waals surface area contributed by atoms with Gasteiger partial charge in [0.15, 0.2) is 0 Å². The Hall–Kier alpha value is -0.950. The molecule has 0 aliphatic carbocycles. The molecule has 0 radical (unpaired) electrons. The molecule has 4 heterocycles. The summed E-state index contributed by atoms with van der Waals surface area (Å²) in [6.45, 7) is 4.48. The normalized spacial score (nSPS) is 31.8. The Kier molecular flexibility index (Phi) is 5.17. The average Bonchev–Trinajstić information content (AvgIpc) is 3.29. The molecule has 1 aromatic heterocycles. The number of fused-ring (bicyclic) bond motifs is 1. The van der Waals surface area contributed by atoms with Crippen LogP contribution in [0.2, 0.25) is 0 Å². The van der Waals surface area contributed by atoms with Crippen LogP contribution in [0, 0.1) is 5.92 Å². The fourth-order valence-electron chi connectivity index (χ4n) is 4.21. The van der Waals surface area contributed by atoms with Crippen molar-refractivity contribution in [3.63, 3.8) is 0 Å². The molecule has 3 atom stereocenters. The van der Waals surface area contributed by atoms with E-state index in [0.29, 0.717) is 18.5 Å². The third-order valence-electron chi connectivity index (χ3n) is 5.60. The number of rotatable bonds is 4. The fourth-order valence-corrected chi connectivity index (χ4v) is 4.85. The number of nitrogens with zero attached hydrogens (tertiary/aromatic N) is 1. The van der Waals surface area contributed by atoms with Gasteiger partial charge in [-0.25, -0.2) is 0 Å². The molecule has 0 bridgehead atoms. The maximum absolute atomic E-state index is 12.4. The van der Waals surface area contributed by atoms with Gasteiger partial charge in [0.2, 0.25) is 5.91 Å².